The minimum Gasteiger partial charge on any atom is -0.366 e. The Kier molecular flexibility index (Phi) is 4.10. The van der Waals surface area contributed by atoms with Crippen molar-refractivity contribution < 1.29 is 9.59 Å². The van der Waals surface area contributed by atoms with Crippen molar-refractivity contribution in [3.8, 4) is 0 Å². The van der Waals surface area contributed by atoms with Gasteiger partial charge in [0.05, 0.1) is 0 Å². The first-order valence-electron chi connectivity index (χ1n) is 7.37. The van der Waals surface area contributed by atoms with Crippen LogP contribution in [0.15, 0.2) is 60.8 Å². The van der Waals surface area contributed by atoms with E-state index in [4.69, 9.17) is 5.73 Å². The molecule has 0 aliphatic heterocycles. The SMILES string of the molecule is NC(=O)c1cccc(NC(=O)CCn2ccc3ccccc32)c1. The van der Waals surface area contributed by atoms with Crippen LogP contribution < -0.4 is 11.1 Å². The topological polar surface area (TPSA) is 77.1 Å². The van der Waals surface area contributed by atoms with Crippen molar-refractivity contribution in [1.29, 1.82) is 0 Å². The molecule has 5 nitrogen and oxygen atoms in total. The number of anilines is 1. The van der Waals surface area contributed by atoms with E-state index in [1.165, 1.54) is 0 Å². The third kappa shape index (κ3) is 3.40. The maximum absolute atomic E-state index is 12.1. The van der Waals surface area contributed by atoms with Gasteiger partial charge in [-0.05, 0) is 35.7 Å². The number of carbonyl (C=O) groups excluding carboxylic acids is 2. The van der Waals surface area contributed by atoms with E-state index in [-0.39, 0.29) is 5.91 Å². The summed E-state index contributed by atoms with van der Waals surface area (Å²) in [7, 11) is 0. The number of hydrogen-bond acceptors (Lipinski definition) is 2. The first-order valence-corrected chi connectivity index (χ1v) is 7.37. The Balaban J connectivity index is 1.64. The molecule has 0 spiro atoms. The predicted octanol–water partition coefficient (Wildman–Crippen LogP) is 2.77. The van der Waals surface area contributed by atoms with Crippen molar-refractivity contribution in [2.75, 3.05) is 5.32 Å². The molecule has 1 heterocycles. The van der Waals surface area contributed by atoms with Crippen LogP contribution in [0.2, 0.25) is 0 Å². The molecule has 0 saturated carbocycles. The summed E-state index contributed by atoms with van der Waals surface area (Å²) in [5.74, 6) is -0.621. The Labute approximate surface area is 133 Å². The van der Waals surface area contributed by atoms with Gasteiger partial charge in [-0.25, -0.2) is 0 Å². The number of para-hydroxylation sites is 1. The number of amides is 2. The summed E-state index contributed by atoms with van der Waals surface area (Å²) >= 11 is 0. The summed E-state index contributed by atoms with van der Waals surface area (Å²) in [5.41, 5.74) is 7.29. The molecule has 23 heavy (non-hydrogen) atoms. The van der Waals surface area contributed by atoms with Crippen molar-refractivity contribution in [2.24, 2.45) is 5.73 Å². The van der Waals surface area contributed by atoms with Crippen LogP contribution in [0, 0.1) is 0 Å². The van der Waals surface area contributed by atoms with Crippen LogP contribution in [-0.4, -0.2) is 16.4 Å². The highest BCUT2D eigenvalue weighted by Crippen LogP contribution is 2.16. The predicted molar refractivity (Wildman–Crippen MR) is 90.1 cm³/mol. The Hall–Kier alpha value is -3.08. The smallest absolute Gasteiger partial charge is 0.248 e. The number of nitrogens with two attached hydrogens (primary N) is 1. The van der Waals surface area contributed by atoms with Crippen molar-refractivity contribution in [2.45, 2.75) is 13.0 Å². The lowest BCUT2D eigenvalue weighted by Gasteiger charge is -2.08. The lowest BCUT2D eigenvalue weighted by molar-refractivity contribution is -0.116. The fourth-order valence-electron chi connectivity index (χ4n) is 2.53. The van der Waals surface area contributed by atoms with Crippen LogP contribution in [0.3, 0.4) is 0 Å². The zero-order valence-corrected chi connectivity index (χ0v) is 12.5. The summed E-state index contributed by atoms with van der Waals surface area (Å²) in [5, 5.41) is 3.94. The largest absolute Gasteiger partial charge is 0.366 e. The molecule has 116 valence electrons. The van der Waals surface area contributed by atoms with Crippen molar-refractivity contribution in [3.05, 3.63) is 66.4 Å². The van der Waals surface area contributed by atoms with E-state index < -0.39 is 5.91 Å². The van der Waals surface area contributed by atoms with E-state index in [0.717, 1.165) is 10.9 Å². The van der Waals surface area contributed by atoms with E-state index in [1.54, 1.807) is 24.3 Å². The number of rotatable bonds is 5. The molecule has 0 fully saturated rings. The average molecular weight is 307 g/mol. The van der Waals surface area contributed by atoms with Crippen LogP contribution in [0.25, 0.3) is 10.9 Å². The first kappa shape index (κ1) is 14.8. The molecule has 0 aliphatic carbocycles. The minimum atomic E-state index is -0.514. The molecule has 1 aromatic heterocycles. The van der Waals surface area contributed by atoms with E-state index in [1.807, 2.05) is 36.5 Å². The van der Waals surface area contributed by atoms with Gasteiger partial charge in [0.15, 0.2) is 0 Å². The van der Waals surface area contributed by atoms with Gasteiger partial charge in [-0.1, -0.05) is 24.3 Å². The Morgan fingerprint density at radius 3 is 2.70 bits per heavy atom. The van der Waals surface area contributed by atoms with E-state index >= 15 is 0 Å². The van der Waals surface area contributed by atoms with E-state index in [2.05, 4.69) is 9.88 Å². The molecule has 0 bridgehead atoms. The first-order chi connectivity index (χ1) is 11.1. The molecule has 0 saturated heterocycles. The molecule has 2 amide bonds. The zero-order valence-electron chi connectivity index (χ0n) is 12.5. The van der Waals surface area contributed by atoms with Gasteiger partial charge in [-0.2, -0.15) is 0 Å². The Morgan fingerprint density at radius 1 is 1.04 bits per heavy atom. The summed E-state index contributed by atoms with van der Waals surface area (Å²) < 4.78 is 2.05. The van der Waals surface area contributed by atoms with Gasteiger partial charge in [0.2, 0.25) is 11.8 Å². The highest BCUT2D eigenvalue weighted by molar-refractivity contribution is 5.96. The third-order valence-electron chi connectivity index (χ3n) is 3.69. The highest BCUT2D eigenvalue weighted by Gasteiger charge is 2.07. The Morgan fingerprint density at radius 2 is 1.87 bits per heavy atom. The van der Waals surface area contributed by atoms with Crippen molar-refractivity contribution >= 4 is 28.4 Å². The van der Waals surface area contributed by atoms with Crippen LogP contribution in [0.4, 0.5) is 5.69 Å². The molecule has 0 aliphatic rings. The zero-order chi connectivity index (χ0) is 16.2. The number of benzene rings is 2. The van der Waals surface area contributed by atoms with Crippen molar-refractivity contribution in [3.63, 3.8) is 0 Å². The van der Waals surface area contributed by atoms with Crippen LogP contribution in [-0.2, 0) is 11.3 Å². The number of carbonyl (C=O) groups is 2. The summed E-state index contributed by atoms with van der Waals surface area (Å²) in [6, 6.07) is 16.7. The maximum atomic E-state index is 12.1. The van der Waals surface area contributed by atoms with Gasteiger partial charge in [0.1, 0.15) is 0 Å². The quantitative estimate of drug-likeness (QED) is 0.760. The van der Waals surface area contributed by atoms with Crippen LogP contribution in [0.5, 0.6) is 0 Å². The molecule has 3 rings (SSSR count). The molecule has 0 unspecified atom stereocenters. The fourth-order valence-corrected chi connectivity index (χ4v) is 2.53. The second-order valence-corrected chi connectivity index (χ2v) is 5.31. The molecular weight excluding hydrogens is 290 g/mol. The fraction of sp³-hybridized carbons (Fsp3) is 0.111. The summed E-state index contributed by atoms with van der Waals surface area (Å²) in [6.07, 6.45) is 2.32. The van der Waals surface area contributed by atoms with Gasteiger partial charge in [-0.3, -0.25) is 9.59 Å². The molecule has 5 heteroatoms. The highest BCUT2D eigenvalue weighted by atomic mass is 16.2. The van der Waals surface area contributed by atoms with Gasteiger partial charge in [0, 0.05) is 35.9 Å². The molecule has 0 atom stereocenters. The molecular formula is C18H17N3O2. The number of aromatic nitrogens is 1. The lowest BCUT2D eigenvalue weighted by atomic mass is 10.2. The number of aryl methyl sites for hydroxylation is 1. The number of nitrogens with zero attached hydrogens (tertiary/aromatic N) is 1. The molecule has 2 aromatic carbocycles. The van der Waals surface area contributed by atoms with Crippen molar-refractivity contribution in [1.82, 2.24) is 4.57 Å². The number of hydrogen-bond donors (Lipinski definition) is 2. The summed E-state index contributed by atoms with van der Waals surface area (Å²) in [4.78, 5) is 23.2. The second kappa shape index (κ2) is 6.36. The number of primary amides is 1. The van der Waals surface area contributed by atoms with E-state index in [9.17, 15) is 9.59 Å². The van der Waals surface area contributed by atoms with Crippen LogP contribution in [0.1, 0.15) is 16.8 Å². The molecule has 0 radical (unpaired) electrons. The average Bonchev–Trinajstić information content (AvgIpc) is 2.96. The normalized spacial score (nSPS) is 10.6. The molecule has 3 aromatic rings. The van der Waals surface area contributed by atoms with Gasteiger partial charge in [-0.15, -0.1) is 0 Å². The Bertz CT molecular complexity index is 867. The monoisotopic (exact) mass is 307 g/mol. The van der Waals surface area contributed by atoms with Gasteiger partial charge in [0.25, 0.3) is 0 Å². The standard InChI is InChI=1S/C18H17N3O2/c19-18(23)14-5-3-6-15(12-14)20-17(22)9-11-21-10-8-13-4-1-2-7-16(13)21/h1-8,10,12H,9,11H2,(H2,19,23)(H,20,22). The number of fused-ring (bicyclic) bond motifs is 1. The third-order valence-corrected chi connectivity index (χ3v) is 3.69. The van der Waals surface area contributed by atoms with E-state index in [0.29, 0.717) is 24.2 Å². The minimum absolute atomic E-state index is 0.107. The van der Waals surface area contributed by atoms with Gasteiger partial charge < -0.3 is 15.6 Å². The van der Waals surface area contributed by atoms with Gasteiger partial charge >= 0.3 is 0 Å². The lowest BCUT2D eigenvalue weighted by Crippen LogP contribution is -2.15. The van der Waals surface area contributed by atoms with Crippen LogP contribution >= 0.6 is 0 Å². The second-order valence-electron chi connectivity index (χ2n) is 5.31. The maximum Gasteiger partial charge on any atom is 0.248 e. The molecule has 3 N–H and O–H groups in total. The summed E-state index contributed by atoms with van der Waals surface area (Å²) in [6.45, 7) is 0.592. The number of nitrogens with one attached hydrogen (secondary N) is 1.